The number of nitrogens with zero attached hydrogens (tertiary/aromatic N) is 1. The number of thioether (sulfide) groups is 1. The van der Waals surface area contributed by atoms with E-state index in [1.165, 1.54) is 27.1 Å². The zero-order chi connectivity index (χ0) is 18.6. The van der Waals surface area contributed by atoms with Gasteiger partial charge in [0.2, 0.25) is 0 Å². The number of hydrogen-bond donors (Lipinski definition) is 1. The molecular weight excluding hydrogens is 350 g/mol. The highest BCUT2D eigenvalue weighted by Crippen LogP contribution is 2.39. The summed E-state index contributed by atoms with van der Waals surface area (Å²) in [6.07, 6.45) is 2.10. The molecule has 0 spiro atoms. The number of aliphatic hydroxyl groups excluding tert-OH is 1. The Labute approximate surface area is 165 Å². The molecule has 1 aliphatic rings. The molecule has 0 aliphatic carbocycles. The molecule has 0 fully saturated rings. The molecule has 138 valence electrons. The first-order valence-electron chi connectivity index (χ1n) is 9.40. The second-order valence-corrected chi connectivity index (χ2v) is 7.97. The summed E-state index contributed by atoms with van der Waals surface area (Å²) in [5.74, 6) is 0.180. The number of aliphatic hydroxyl groups is 1. The Balaban J connectivity index is 1.74. The summed E-state index contributed by atoms with van der Waals surface area (Å²) in [6.45, 7) is 1.87. The van der Waals surface area contributed by atoms with E-state index in [4.69, 9.17) is 0 Å². The molecule has 0 saturated carbocycles. The zero-order valence-electron chi connectivity index (χ0n) is 15.6. The average molecular weight is 376 g/mol. The lowest BCUT2D eigenvalue weighted by Crippen LogP contribution is -2.45. The van der Waals surface area contributed by atoms with E-state index in [0.29, 0.717) is 0 Å². The molecular formula is C24H25NOS. The third kappa shape index (κ3) is 3.81. The van der Waals surface area contributed by atoms with E-state index in [9.17, 15) is 5.11 Å². The molecule has 3 heteroatoms. The molecule has 3 aromatic rings. The van der Waals surface area contributed by atoms with Crippen molar-refractivity contribution in [2.24, 2.45) is 0 Å². The summed E-state index contributed by atoms with van der Waals surface area (Å²) in [5, 5.41) is 10.4. The van der Waals surface area contributed by atoms with E-state index in [1.54, 1.807) is 11.8 Å². The van der Waals surface area contributed by atoms with Crippen LogP contribution in [-0.4, -0.2) is 28.9 Å². The Hall–Kier alpha value is -2.07. The summed E-state index contributed by atoms with van der Waals surface area (Å²) in [7, 11) is 0. The van der Waals surface area contributed by atoms with Crippen LogP contribution in [0.4, 0.5) is 0 Å². The van der Waals surface area contributed by atoms with Crippen LogP contribution in [0.25, 0.3) is 0 Å². The van der Waals surface area contributed by atoms with Gasteiger partial charge in [-0.3, -0.25) is 4.90 Å². The maximum Gasteiger partial charge on any atom is 0.0596 e. The van der Waals surface area contributed by atoms with Crippen molar-refractivity contribution in [3.63, 3.8) is 0 Å². The Morgan fingerprint density at radius 3 is 2.33 bits per heavy atom. The van der Waals surface area contributed by atoms with Gasteiger partial charge in [-0.05, 0) is 40.6 Å². The van der Waals surface area contributed by atoms with E-state index < -0.39 is 0 Å². The van der Waals surface area contributed by atoms with Crippen molar-refractivity contribution < 1.29 is 5.11 Å². The lowest BCUT2D eigenvalue weighted by molar-refractivity contribution is 0.0873. The molecule has 0 bridgehead atoms. The Bertz CT molecular complexity index is 878. The number of hydrogen-bond acceptors (Lipinski definition) is 3. The lowest BCUT2D eigenvalue weighted by Gasteiger charge is -2.42. The predicted molar refractivity (Wildman–Crippen MR) is 113 cm³/mol. The summed E-state index contributed by atoms with van der Waals surface area (Å²) < 4.78 is 0. The van der Waals surface area contributed by atoms with Gasteiger partial charge in [-0.15, -0.1) is 11.8 Å². The first kappa shape index (κ1) is 18.3. The Kier molecular flexibility index (Phi) is 5.63. The van der Waals surface area contributed by atoms with Crippen molar-refractivity contribution in [3.8, 4) is 0 Å². The van der Waals surface area contributed by atoms with Crippen molar-refractivity contribution in [3.05, 3.63) is 101 Å². The van der Waals surface area contributed by atoms with Gasteiger partial charge < -0.3 is 5.11 Å². The normalized spacial score (nSPS) is 19.6. The molecule has 1 N–H and O–H groups in total. The van der Waals surface area contributed by atoms with E-state index >= 15 is 0 Å². The molecule has 4 rings (SSSR count). The molecule has 0 aromatic heterocycles. The fraction of sp³-hybridized carbons (Fsp3) is 0.250. The van der Waals surface area contributed by atoms with Gasteiger partial charge in [0.05, 0.1) is 6.61 Å². The molecule has 1 aliphatic heterocycles. The van der Waals surface area contributed by atoms with Crippen LogP contribution in [-0.2, 0) is 13.1 Å². The molecule has 0 amide bonds. The van der Waals surface area contributed by atoms with Crippen LogP contribution >= 0.6 is 11.8 Å². The van der Waals surface area contributed by atoms with E-state index in [1.807, 2.05) is 0 Å². The van der Waals surface area contributed by atoms with Gasteiger partial charge in [0.25, 0.3) is 0 Å². The minimum absolute atomic E-state index is 0.0697. The maximum absolute atomic E-state index is 10.4. The fourth-order valence-electron chi connectivity index (χ4n) is 4.16. The van der Waals surface area contributed by atoms with Gasteiger partial charge in [0, 0.05) is 29.9 Å². The van der Waals surface area contributed by atoms with Crippen LogP contribution in [0.2, 0.25) is 0 Å². The molecule has 2 nitrogen and oxygen atoms in total. The topological polar surface area (TPSA) is 23.5 Å². The SMILES string of the molecule is CSc1ccc([C@@H]2c3ccccc3CN(Cc3ccccc3)[C@H]2CO)cc1. The molecule has 27 heavy (non-hydrogen) atoms. The number of rotatable bonds is 5. The first-order chi connectivity index (χ1) is 13.3. The molecule has 0 unspecified atom stereocenters. The minimum atomic E-state index is 0.0697. The average Bonchev–Trinajstić information content (AvgIpc) is 2.73. The quantitative estimate of drug-likeness (QED) is 0.641. The van der Waals surface area contributed by atoms with E-state index in [2.05, 4.69) is 90.0 Å². The third-order valence-corrected chi connectivity index (χ3v) is 6.25. The van der Waals surface area contributed by atoms with Gasteiger partial charge in [-0.25, -0.2) is 0 Å². The van der Waals surface area contributed by atoms with Gasteiger partial charge in [0.15, 0.2) is 0 Å². The van der Waals surface area contributed by atoms with Crippen LogP contribution in [0.15, 0.2) is 83.8 Å². The fourth-order valence-corrected chi connectivity index (χ4v) is 4.57. The second-order valence-electron chi connectivity index (χ2n) is 7.09. The molecule has 2 atom stereocenters. The van der Waals surface area contributed by atoms with Gasteiger partial charge >= 0.3 is 0 Å². The first-order valence-corrected chi connectivity index (χ1v) is 10.6. The lowest BCUT2D eigenvalue weighted by atomic mass is 9.79. The molecule has 0 radical (unpaired) electrons. The van der Waals surface area contributed by atoms with Crippen LogP contribution < -0.4 is 0 Å². The zero-order valence-corrected chi connectivity index (χ0v) is 16.4. The summed E-state index contributed by atoms with van der Waals surface area (Å²) in [6, 6.07) is 28.1. The Morgan fingerprint density at radius 2 is 1.63 bits per heavy atom. The standard InChI is InChI=1S/C24H25NOS/c1-27-21-13-11-19(12-14-21)24-22-10-6-5-9-20(22)16-25(23(24)17-26)15-18-7-3-2-4-8-18/h2-14,23-24,26H,15-17H2,1H3/t23-,24+/m0/s1. The van der Waals surface area contributed by atoms with Crippen LogP contribution in [0.5, 0.6) is 0 Å². The van der Waals surface area contributed by atoms with Crippen molar-refractivity contribution in [1.82, 2.24) is 4.90 Å². The van der Waals surface area contributed by atoms with E-state index in [-0.39, 0.29) is 18.6 Å². The number of fused-ring (bicyclic) bond motifs is 1. The maximum atomic E-state index is 10.4. The molecule has 0 saturated heterocycles. The Morgan fingerprint density at radius 1 is 0.926 bits per heavy atom. The highest BCUT2D eigenvalue weighted by molar-refractivity contribution is 7.98. The monoisotopic (exact) mass is 375 g/mol. The third-order valence-electron chi connectivity index (χ3n) is 5.51. The largest absolute Gasteiger partial charge is 0.395 e. The van der Waals surface area contributed by atoms with Crippen molar-refractivity contribution in [2.45, 2.75) is 29.9 Å². The van der Waals surface area contributed by atoms with E-state index in [0.717, 1.165) is 13.1 Å². The summed E-state index contributed by atoms with van der Waals surface area (Å²) >= 11 is 1.76. The smallest absolute Gasteiger partial charge is 0.0596 e. The van der Waals surface area contributed by atoms with Gasteiger partial charge in [-0.2, -0.15) is 0 Å². The second kappa shape index (κ2) is 8.30. The number of benzene rings is 3. The summed E-state index contributed by atoms with van der Waals surface area (Å²) in [4.78, 5) is 3.69. The van der Waals surface area contributed by atoms with Gasteiger partial charge in [0.1, 0.15) is 0 Å². The van der Waals surface area contributed by atoms with Crippen molar-refractivity contribution in [1.29, 1.82) is 0 Å². The van der Waals surface area contributed by atoms with Crippen molar-refractivity contribution in [2.75, 3.05) is 12.9 Å². The van der Waals surface area contributed by atoms with Crippen molar-refractivity contribution >= 4 is 11.8 Å². The highest BCUT2D eigenvalue weighted by atomic mass is 32.2. The van der Waals surface area contributed by atoms with Crippen LogP contribution in [0, 0.1) is 0 Å². The highest BCUT2D eigenvalue weighted by Gasteiger charge is 2.35. The van der Waals surface area contributed by atoms with Gasteiger partial charge in [-0.1, -0.05) is 66.7 Å². The predicted octanol–water partition coefficient (Wildman–Crippen LogP) is 4.92. The molecule has 3 aromatic carbocycles. The summed E-state index contributed by atoms with van der Waals surface area (Å²) in [5.41, 5.74) is 5.26. The molecule has 1 heterocycles. The van der Waals surface area contributed by atoms with Crippen LogP contribution in [0.1, 0.15) is 28.2 Å². The minimum Gasteiger partial charge on any atom is -0.395 e. The van der Waals surface area contributed by atoms with Crippen LogP contribution in [0.3, 0.4) is 0 Å².